The van der Waals surface area contributed by atoms with Crippen LogP contribution in [0.5, 0.6) is 0 Å². The fraction of sp³-hybridized carbons (Fsp3) is 0.143. The van der Waals surface area contributed by atoms with Crippen molar-refractivity contribution in [2.24, 2.45) is 0 Å². The van der Waals surface area contributed by atoms with Crippen LogP contribution < -0.4 is 5.32 Å². The Morgan fingerprint density at radius 2 is 2.31 bits per heavy atom. The number of aromatic nitrogens is 2. The van der Waals surface area contributed by atoms with Gasteiger partial charge >= 0.3 is 0 Å². The van der Waals surface area contributed by atoms with E-state index in [2.05, 4.69) is 45.9 Å². The number of fused-ring (bicyclic) bond motifs is 2. The van der Waals surface area contributed by atoms with Crippen LogP contribution >= 0.6 is 0 Å². The number of nitrogens with one attached hydrogen (secondary N) is 2. The quantitative estimate of drug-likeness (QED) is 0.704. The molecule has 0 saturated carbocycles. The predicted octanol–water partition coefficient (Wildman–Crippen LogP) is 4.08. The van der Waals surface area contributed by atoms with E-state index >= 15 is 0 Å². The Labute approximate surface area is 150 Å². The normalized spacial score (nSPS) is 17.7. The number of amides is 1. The van der Waals surface area contributed by atoms with Gasteiger partial charge in [-0.05, 0) is 41.8 Å². The molecule has 2 N–H and O–H groups in total. The molecule has 0 aliphatic heterocycles. The van der Waals surface area contributed by atoms with E-state index in [0.717, 1.165) is 34.3 Å². The molecule has 1 atom stereocenters. The van der Waals surface area contributed by atoms with Crippen molar-refractivity contribution >= 4 is 22.9 Å². The smallest absolute Gasteiger partial charge is 0.251 e. The van der Waals surface area contributed by atoms with Gasteiger partial charge in [0.2, 0.25) is 0 Å². The number of carbonyl (C=O) groups is 1. The van der Waals surface area contributed by atoms with Gasteiger partial charge in [-0.1, -0.05) is 30.4 Å². The van der Waals surface area contributed by atoms with E-state index in [4.69, 9.17) is 4.42 Å². The molecule has 5 rings (SSSR count). The van der Waals surface area contributed by atoms with Gasteiger partial charge in [0, 0.05) is 16.9 Å². The zero-order valence-electron chi connectivity index (χ0n) is 14.0. The number of H-pyrrole nitrogens is 1. The fourth-order valence-corrected chi connectivity index (χ4v) is 3.65. The standard InChI is InChI=1S/C21H17N3O2/c25-21(22-12-16-5-3-9-26-16)15-10-14-8-7-13-4-1-2-6-17(13)20-19(14)18(11-15)23-24-20/h2-11,17H,1,12H2,(H,22,25)(H,23,24). The SMILES string of the molecule is O=C(NCc1ccco1)c1cc2c3c([nH]nc3c1)C1C=CCC=C1C=C2. The van der Waals surface area contributed by atoms with Crippen LogP contribution in [0.1, 0.15) is 39.7 Å². The molecule has 5 heteroatoms. The maximum atomic E-state index is 12.6. The van der Waals surface area contributed by atoms with Gasteiger partial charge in [0.05, 0.1) is 24.0 Å². The van der Waals surface area contributed by atoms with Gasteiger partial charge in [-0.15, -0.1) is 0 Å². The second-order valence-electron chi connectivity index (χ2n) is 6.54. The fourth-order valence-electron chi connectivity index (χ4n) is 3.65. The lowest BCUT2D eigenvalue weighted by atomic mass is 9.90. The third-order valence-electron chi connectivity index (χ3n) is 4.92. The van der Waals surface area contributed by atoms with Crippen LogP contribution in [0.4, 0.5) is 0 Å². The van der Waals surface area contributed by atoms with Crippen LogP contribution in [-0.2, 0) is 6.54 Å². The van der Waals surface area contributed by atoms with Gasteiger partial charge in [-0.25, -0.2) is 0 Å². The summed E-state index contributed by atoms with van der Waals surface area (Å²) in [4.78, 5) is 12.6. The lowest BCUT2D eigenvalue weighted by Gasteiger charge is -2.15. The molecule has 5 nitrogen and oxygen atoms in total. The van der Waals surface area contributed by atoms with Crippen molar-refractivity contribution in [1.82, 2.24) is 15.5 Å². The van der Waals surface area contributed by atoms with Gasteiger partial charge in [0.1, 0.15) is 5.76 Å². The summed E-state index contributed by atoms with van der Waals surface area (Å²) in [6, 6.07) is 7.41. The predicted molar refractivity (Wildman–Crippen MR) is 99.6 cm³/mol. The zero-order valence-corrected chi connectivity index (χ0v) is 14.0. The molecule has 0 radical (unpaired) electrons. The molecular formula is C21H17N3O2. The Hall–Kier alpha value is -3.34. The Kier molecular flexibility index (Phi) is 3.38. The van der Waals surface area contributed by atoms with Crippen molar-refractivity contribution in [2.45, 2.75) is 18.9 Å². The number of nitrogens with zero attached hydrogens (tertiary/aromatic N) is 1. The zero-order chi connectivity index (χ0) is 17.5. The van der Waals surface area contributed by atoms with Crippen molar-refractivity contribution in [1.29, 1.82) is 0 Å². The topological polar surface area (TPSA) is 70.9 Å². The monoisotopic (exact) mass is 343 g/mol. The average molecular weight is 343 g/mol. The molecule has 3 aromatic rings. The Morgan fingerprint density at radius 3 is 3.19 bits per heavy atom. The first-order chi connectivity index (χ1) is 12.8. The summed E-state index contributed by atoms with van der Waals surface area (Å²) in [5, 5.41) is 11.6. The lowest BCUT2D eigenvalue weighted by Crippen LogP contribution is -2.22. The van der Waals surface area contributed by atoms with E-state index in [1.54, 1.807) is 12.3 Å². The van der Waals surface area contributed by atoms with Crippen molar-refractivity contribution in [3.8, 4) is 0 Å². The van der Waals surface area contributed by atoms with Crippen LogP contribution in [0.2, 0.25) is 0 Å². The largest absolute Gasteiger partial charge is 0.467 e. The number of aromatic amines is 1. The van der Waals surface area contributed by atoms with E-state index in [1.165, 1.54) is 5.57 Å². The number of allylic oxidation sites excluding steroid dienone is 5. The summed E-state index contributed by atoms with van der Waals surface area (Å²) >= 11 is 0. The second-order valence-corrected chi connectivity index (χ2v) is 6.54. The number of carbonyl (C=O) groups excluding carboxylic acids is 1. The third kappa shape index (κ3) is 2.40. The molecule has 0 saturated heterocycles. The molecule has 2 aromatic heterocycles. The summed E-state index contributed by atoms with van der Waals surface area (Å²) in [5.74, 6) is 0.783. The highest BCUT2D eigenvalue weighted by Gasteiger charge is 2.24. The minimum Gasteiger partial charge on any atom is -0.467 e. The second kappa shape index (κ2) is 5.88. The van der Waals surface area contributed by atoms with E-state index in [9.17, 15) is 4.79 Å². The third-order valence-corrected chi connectivity index (χ3v) is 4.92. The van der Waals surface area contributed by atoms with E-state index in [-0.39, 0.29) is 11.8 Å². The number of furan rings is 1. The molecule has 1 unspecified atom stereocenters. The van der Waals surface area contributed by atoms with Crippen LogP contribution in [0.15, 0.2) is 64.8 Å². The van der Waals surface area contributed by atoms with Gasteiger partial charge in [-0.2, -0.15) is 5.10 Å². The van der Waals surface area contributed by atoms with Crippen molar-refractivity contribution in [3.63, 3.8) is 0 Å². The van der Waals surface area contributed by atoms with Gasteiger partial charge in [0.15, 0.2) is 0 Å². The first-order valence-corrected chi connectivity index (χ1v) is 8.67. The highest BCUT2D eigenvalue weighted by atomic mass is 16.3. The maximum absolute atomic E-state index is 12.6. The molecule has 2 aliphatic rings. The highest BCUT2D eigenvalue weighted by molar-refractivity contribution is 6.02. The van der Waals surface area contributed by atoms with Gasteiger partial charge < -0.3 is 9.73 Å². The Morgan fingerprint density at radius 1 is 1.35 bits per heavy atom. The molecule has 1 amide bonds. The van der Waals surface area contributed by atoms with Crippen molar-refractivity contribution in [2.75, 3.05) is 0 Å². The first-order valence-electron chi connectivity index (χ1n) is 8.67. The summed E-state index contributed by atoms with van der Waals surface area (Å²) in [5.41, 5.74) is 4.77. The number of benzene rings is 1. The van der Waals surface area contributed by atoms with E-state index < -0.39 is 0 Å². The minimum atomic E-state index is -0.140. The molecule has 0 bridgehead atoms. The molecular weight excluding hydrogens is 326 g/mol. The minimum absolute atomic E-state index is 0.140. The lowest BCUT2D eigenvalue weighted by molar-refractivity contribution is 0.0948. The molecule has 26 heavy (non-hydrogen) atoms. The van der Waals surface area contributed by atoms with Gasteiger partial charge in [0.25, 0.3) is 5.91 Å². The summed E-state index contributed by atoms with van der Waals surface area (Å²) in [7, 11) is 0. The highest BCUT2D eigenvalue weighted by Crippen LogP contribution is 2.38. The summed E-state index contributed by atoms with van der Waals surface area (Å²) in [6.45, 7) is 0.362. The molecule has 0 fully saturated rings. The molecule has 128 valence electrons. The van der Waals surface area contributed by atoms with E-state index in [0.29, 0.717) is 12.1 Å². The van der Waals surface area contributed by atoms with Crippen molar-refractivity contribution in [3.05, 3.63) is 83.0 Å². The molecule has 0 spiro atoms. The maximum Gasteiger partial charge on any atom is 0.251 e. The number of hydrogen-bond donors (Lipinski definition) is 2. The average Bonchev–Trinajstić information content (AvgIpc) is 3.30. The Bertz CT molecular complexity index is 1080. The first kappa shape index (κ1) is 15.0. The number of hydrogen-bond acceptors (Lipinski definition) is 3. The van der Waals surface area contributed by atoms with Crippen LogP contribution in [0.3, 0.4) is 0 Å². The number of rotatable bonds is 3. The molecule has 1 aromatic carbocycles. The van der Waals surface area contributed by atoms with Crippen LogP contribution in [0.25, 0.3) is 17.0 Å². The molecule has 2 heterocycles. The van der Waals surface area contributed by atoms with Crippen LogP contribution in [0, 0.1) is 0 Å². The van der Waals surface area contributed by atoms with Crippen LogP contribution in [-0.4, -0.2) is 16.1 Å². The summed E-state index contributed by atoms with van der Waals surface area (Å²) in [6.07, 6.45) is 13.4. The Balaban J connectivity index is 1.53. The van der Waals surface area contributed by atoms with Crippen molar-refractivity contribution < 1.29 is 9.21 Å². The summed E-state index contributed by atoms with van der Waals surface area (Å²) < 4.78 is 5.26. The van der Waals surface area contributed by atoms with E-state index in [1.807, 2.05) is 18.2 Å². The molecule has 2 aliphatic carbocycles. The van der Waals surface area contributed by atoms with Gasteiger partial charge in [-0.3, -0.25) is 9.89 Å².